The standard InChI is InChI=1S/C22H24ClN5O2/c1-14-5-6-18(16-9-27-30-13-16)19(8-14)21(29)28-7-3-4-15(2)20(28)12-26-22-24-10-17(23)11-25-22/h5-6,8-11,13,15,20H,3-4,7,12H2,1-2H3,(H,24,25,26). The van der Waals surface area contributed by atoms with E-state index in [1.165, 1.54) is 0 Å². The van der Waals surface area contributed by atoms with Crippen molar-refractivity contribution in [3.63, 3.8) is 0 Å². The van der Waals surface area contributed by atoms with Crippen LogP contribution in [0.15, 0.2) is 47.6 Å². The molecule has 7 nitrogen and oxygen atoms in total. The second-order valence-corrected chi connectivity index (χ2v) is 8.19. The van der Waals surface area contributed by atoms with Gasteiger partial charge in [0.15, 0.2) is 0 Å². The predicted octanol–water partition coefficient (Wildman–Crippen LogP) is 4.45. The predicted molar refractivity (Wildman–Crippen MR) is 115 cm³/mol. The van der Waals surface area contributed by atoms with Gasteiger partial charge in [0.25, 0.3) is 5.91 Å². The Hall–Kier alpha value is -2.93. The second-order valence-electron chi connectivity index (χ2n) is 7.75. The van der Waals surface area contributed by atoms with Crippen molar-refractivity contribution in [2.45, 2.75) is 32.7 Å². The molecule has 1 aromatic carbocycles. The molecule has 0 aliphatic carbocycles. The van der Waals surface area contributed by atoms with Crippen molar-refractivity contribution in [2.24, 2.45) is 5.92 Å². The summed E-state index contributed by atoms with van der Waals surface area (Å²) in [5, 5.41) is 7.55. The van der Waals surface area contributed by atoms with Gasteiger partial charge in [0.05, 0.1) is 29.7 Å². The lowest BCUT2D eigenvalue weighted by atomic mass is 9.89. The van der Waals surface area contributed by atoms with Crippen LogP contribution in [0.4, 0.5) is 5.95 Å². The topological polar surface area (TPSA) is 84.2 Å². The Labute approximate surface area is 180 Å². The van der Waals surface area contributed by atoms with Crippen LogP contribution in [0.5, 0.6) is 0 Å². The van der Waals surface area contributed by atoms with E-state index in [1.54, 1.807) is 24.9 Å². The highest BCUT2D eigenvalue weighted by Gasteiger charge is 2.33. The highest BCUT2D eigenvalue weighted by molar-refractivity contribution is 6.30. The summed E-state index contributed by atoms with van der Waals surface area (Å²) in [4.78, 5) is 24.1. The van der Waals surface area contributed by atoms with E-state index in [9.17, 15) is 4.79 Å². The van der Waals surface area contributed by atoms with Crippen LogP contribution in [0.1, 0.15) is 35.7 Å². The van der Waals surface area contributed by atoms with Gasteiger partial charge in [0.2, 0.25) is 5.95 Å². The molecule has 156 valence electrons. The highest BCUT2D eigenvalue weighted by Crippen LogP contribution is 2.30. The van der Waals surface area contributed by atoms with E-state index in [2.05, 4.69) is 27.4 Å². The van der Waals surface area contributed by atoms with Crippen LogP contribution in [-0.4, -0.2) is 45.1 Å². The number of aryl methyl sites for hydroxylation is 1. The van der Waals surface area contributed by atoms with Gasteiger partial charge < -0.3 is 14.7 Å². The van der Waals surface area contributed by atoms with Gasteiger partial charge in [-0.05, 0) is 37.3 Å². The Morgan fingerprint density at radius 3 is 2.83 bits per heavy atom. The number of carbonyl (C=O) groups excluding carboxylic acids is 1. The van der Waals surface area contributed by atoms with Crippen LogP contribution >= 0.6 is 11.6 Å². The number of nitrogens with one attached hydrogen (secondary N) is 1. The summed E-state index contributed by atoms with van der Waals surface area (Å²) < 4.78 is 5.01. The number of anilines is 1. The fourth-order valence-electron chi connectivity index (χ4n) is 3.99. The number of piperidine rings is 1. The number of halogens is 1. The minimum atomic E-state index is 0.0188. The summed E-state index contributed by atoms with van der Waals surface area (Å²) in [5.74, 6) is 0.877. The first-order valence-corrected chi connectivity index (χ1v) is 10.4. The number of nitrogens with zero attached hydrogens (tertiary/aromatic N) is 4. The SMILES string of the molecule is Cc1ccc(-c2cnoc2)c(C(=O)N2CCCC(C)C2CNc2ncc(Cl)cn2)c1. The molecule has 2 aromatic heterocycles. The maximum Gasteiger partial charge on any atom is 0.254 e. The second kappa shape index (κ2) is 8.83. The zero-order valence-corrected chi connectivity index (χ0v) is 17.8. The zero-order valence-electron chi connectivity index (χ0n) is 17.0. The summed E-state index contributed by atoms with van der Waals surface area (Å²) in [6, 6.07) is 5.92. The zero-order chi connectivity index (χ0) is 21.1. The molecule has 1 fully saturated rings. The molecule has 4 rings (SSSR count). The molecule has 3 aromatic rings. The fourth-order valence-corrected chi connectivity index (χ4v) is 4.09. The molecule has 1 saturated heterocycles. The van der Waals surface area contributed by atoms with Crippen LogP contribution < -0.4 is 5.32 Å². The van der Waals surface area contributed by atoms with Crippen LogP contribution in [0, 0.1) is 12.8 Å². The molecule has 1 aliphatic rings. The highest BCUT2D eigenvalue weighted by atomic mass is 35.5. The van der Waals surface area contributed by atoms with Crippen molar-refractivity contribution in [1.82, 2.24) is 20.0 Å². The summed E-state index contributed by atoms with van der Waals surface area (Å²) in [6.45, 7) is 5.46. The van der Waals surface area contributed by atoms with Gasteiger partial charge in [-0.25, -0.2) is 9.97 Å². The maximum absolute atomic E-state index is 13.7. The van der Waals surface area contributed by atoms with E-state index in [0.717, 1.165) is 29.5 Å². The average Bonchev–Trinajstić information content (AvgIpc) is 3.28. The minimum Gasteiger partial charge on any atom is -0.364 e. The Morgan fingerprint density at radius 1 is 1.30 bits per heavy atom. The quantitative estimate of drug-likeness (QED) is 0.650. The van der Waals surface area contributed by atoms with Crippen LogP contribution in [-0.2, 0) is 0 Å². The molecule has 0 saturated carbocycles. The normalized spacial score (nSPS) is 19.0. The third-order valence-electron chi connectivity index (χ3n) is 5.61. The number of rotatable bonds is 5. The number of amides is 1. The molecule has 0 bridgehead atoms. The molecule has 8 heteroatoms. The van der Waals surface area contributed by atoms with Crippen molar-refractivity contribution in [2.75, 3.05) is 18.4 Å². The number of hydrogen-bond donors (Lipinski definition) is 1. The van der Waals surface area contributed by atoms with E-state index in [4.69, 9.17) is 16.1 Å². The van der Waals surface area contributed by atoms with Crippen LogP contribution in [0.2, 0.25) is 5.02 Å². The lowest BCUT2D eigenvalue weighted by Crippen LogP contribution is -2.51. The van der Waals surface area contributed by atoms with E-state index in [0.29, 0.717) is 35.5 Å². The Morgan fingerprint density at radius 2 is 2.10 bits per heavy atom. The molecule has 3 heterocycles. The number of aromatic nitrogens is 3. The summed E-state index contributed by atoms with van der Waals surface area (Å²) in [7, 11) is 0. The van der Waals surface area contributed by atoms with Gasteiger partial charge in [-0.2, -0.15) is 0 Å². The van der Waals surface area contributed by atoms with Crippen LogP contribution in [0.3, 0.4) is 0 Å². The molecule has 0 spiro atoms. The van der Waals surface area contributed by atoms with Gasteiger partial charge in [0, 0.05) is 24.2 Å². The van der Waals surface area contributed by atoms with Gasteiger partial charge in [-0.3, -0.25) is 4.79 Å². The summed E-state index contributed by atoms with van der Waals surface area (Å²) in [5.41, 5.74) is 3.33. The molecule has 0 radical (unpaired) electrons. The monoisotopic (exact) mass is 425 g/mol. The van der Waals surface area contributed by atoms with Gasteiger partial charge in [-0.1, -0.05) is 41.4 Å². The largest absolute Gasteiger partial charge is 0.364 e. The summed E-state index contributed by atoms with van der Waals surface area (Å²) >= 11 is 5.87. The minimum absolute atomic E-state index is 0.0188. The first kappa shape index (κ1) is 20.3. The van der Waals surface area contributed by atoms with E-state index < -0.39 is 0 Å². The molecular formula is C22H24ClN5O2. The molecular weight excluding hydrogens is 402 g/mol. The fraction of sp³-hybridized carbons (Fsp3) is 0.364. The first-order chi connectivity index (χ1) is 14.5. The molecule has 1 aliphatic heterocycles. The smallest absolute Gasteiger partial charge is 0.254 e. The Bertz CT molecular complexity index is 1010. The Kier molecular flexibility index (Phi) is 5.99. The lowest BCUT2D eigenvalue weighted by Gasteiger charge is -2.40. The number of benzene rings is 1. The van der Waals surface area contributed by atoms with Crippen molar-refractivity contribution >= 4 is 23.5 Å². The van der Waals surface area contributed by atoms with Crippen molar-refractivity contribution in [1.29, 1.82) is 0 Å². The van der Waals surface area contributed by atoms with Crippen molar-refractivity contribution in [3.05, 3.63) is 59.2 Å². The molecule has 1 amide bonds. The molecule has 1 N–H and O–H groups in total. The third-order valence-corrected chi connectivity index (χ3v) is 5.81. The van der Waals surface area contributed by atoms with Crippen molar-refractivity contribution in [3.8, 4) is 11.1 Å². The number of carbonyl (C=O) groups is 1. The number of likely N-dealkylation sites (tertiary alicyclic amines) is 1. The van der Waals surface area contributed by atoms with E-state index in [-0.39, 0.29) is 11.9 Å². The summed E-state index contributed by atoms with van der Waals surface area (Å²) in [6.07, 6.45) is 8.37. The lowest BCUT2D eigenvalue weighted by molar-refractivity contribution is 0.0540. The Balaban J connectivity index is 1.60. The van der Waals surface area contributed by atoms with Crippen LogP contribution in [0.25, 0.3) is 11.1 Å². The average molecular weight is 426 g/mol. The van der Waals surface area contributed by atoms with Crippen molar-refractivity contribution < 1.29 is 9.32 Å². The first-order valence-electron chi connectivity index (χ1n) is 10.1. The van der Waals surface area contributed by atoms with E-state index >= 15 is 0 Å². The third kappa shape index (κ3) is 4.31. The maximum atomic E-state index is 13.7. The number of hydrogen-bond acceptors (Lipinski definition) is 6. The molecule has 2 unspecified atom stereocenters. The van der Waals surface area contributed by atoms with Gasteiger partial charge >= 0.3 is 0 Å². The van der Waals surface area contributed by atoms with Gasteiger partial charge in [0.1, 0.15) is 6.26 Å². The van der Waals surface area contributed by atoms with E-state index in [1.807, 2.05) is 30.0 Å². The molecule has 30 heavy (non-hydrogen) atoms. The van der Waals surface area contributed by atoms with Gasteiger partial charge in [-0.15, -0.1) is 0 Å². The molecule has 2 atom stereocenters.